The fraction of sp³-hybridized carbons (Fsp3) is 0.111. The van der Waals surface area contributed by atoms with Gasteiger partial charge in [0.25, 0.3) is 5.91 Å². The summed E-state index contributed by atoms with van der Waals surface area (Å²) < 4.78 is 4.90. The molecule has 0 bridgehead atoms. The van der Waals surface area contributed by atoms with Crippen molar-refractivity contribution < 1.29 is 14.3 Å². The number of amides is 1. The van der Waals surface area contributed by atoms with E-state index in [4.69, 9.17) is 16.3 Å². The van der Waals surface area contributed by atoms with Crippen LogP contribution in [0.4, 0.5) is 5.69 Å². The van der Waals surface area contributed by atoms with Gasteiger partial charge in [-0.05, 0) is 36.3 Å². The van der Waals surface area contributed by atoms with Crippen LogP contribution < -0.4 is 5.32 Å². The molecule has 1 N–H and O–H groups in total. The van der Waals surface area contributed by atoms with Crippen LogP contribution in [0.15, 0.2) is 54.6 Å². The van der Waals surface area contributed by atoms with E-state index >= 15 is 0 Å². The minimum absolute atomic E-state index is 0.357. The zero-order valence-electron chi connectivity index (χ0n) is 12.6. The number of halogens is 1. The molecule has 0 aromatic heterocycles. The zero-order chi connectivity index (χ0) is 16.7. The molecule has 0 radical (unpaired) electrons. The normalized spacial score (nSPS) is 10.5. The lowest BCUT2D eigenvalue weighted by Crippen LogP contribution is -2.20. The first-order valence-corrected chi connectivity index (χ1v) is 7.38. The van der Waals surface area contributed by atoms with Crippen LogP contribution in [0, 0.1) is 6.92 Å². The molecular formula is C18H16ClNO3. The minimum atomic E-state index is -0.577. The minimum Gasteiger partial charge on any atom is -0.452 e. The van der Waals surface area contributed by atoms with E-state index in [1.54, 1.807) is 24.3 Å². The maximum atomic E-state index is 11.8. The first kappa shape index (κ1) is 16.8. The number of hydrogen-bond donors (Lipinski definition) is 1. The average Bonchev–Trinajstić information content (AvgIpc) is 2.55. The predicted octanol–water partition coefficient (Wildman–Crippen LogP) is 3.84. The van der Waals surface area contributed by atoms with Crippen molar-refractivity contribution in [2.45, 2.75) is 6.92 Å². The fourth-order valence-electron chi connectivity index (χ4n) is 1.83. The third kappa shape index (κ3) is 5.60. The number of carbonyl (C=O) groups is 2. The van der Waals surface area contributed by atoms with Crippen LogP contribution in [0.25, 0.3) is 6.08 Å². The van der Waals surface area contributed by atoms with Gasteiger partial charge in [0.05, 0.1) is 0 Å². The maximum absolute atomic E-state index is 11.8. The number of carbonyl (C=O) groups excluding carboxylic acids is 2. The summed E-state index contributed by atoms with van der Waals surface area (Å²) in [7, 11) is 0. The van der Waals surface area contributed by atoms with E-state index < -0.39 is 11.9 Å². The predicted molar refractivity (Wildman–Crippen MR) is 91.3 cm³/mol. The Balaban J connectivity index is 1.83. The lowest BCUT2D eigenvalue weighted by molar-refractivity contribution is -0.142. The molecule has 0 saturated heterocycles. The van der Waals surface area contributed by atoms with Gasteiger partial charge < -0.3 is 10.1 Å². The Bertz CT molecular complexity index is 726. The number of nitrogens with one attached hydrogen (secondary N) is 1. The highest BCUT2D eigenvalue weighted by Crippen LogP contribution is 2.19. The number of ether oxygens (including phenoxy) is 1. The molecule has 0 heterocycles. The topological polar surface area (TPSA) is 55.4 Å². The molecular weight excluding hydrogens is 314 g/mol. The van der Waals surface area contributed by atoms with Crippen molar-refractivity contribution >= 4 is 35.2 Å². The number of aryl methyl sites for hydroxylation is 1. The molecule has 0 aliphatic heterocycles. The van der Waals surface area contributed by atoms with Gasteiger partial charge in [-0.15, -0.1) is 0 Å². The van der Waals surface area contributed by atoms with Gasteiger partial charge in [-0.25, -0.2) is 4.79 Å². The van der Waals surface area contributed by atoms with Gasteiger partial charge in [-0.1, -0.05) is 48.0 Å². The Hall–Kier alpha value is -2.59. The standard InChI is InChI=1S/C18H16ClNO3/c1-13-7-9-15(19)11-16(13)20-17(21)12-23-18(22)10-8-14-5-3-2-4-6-14/h2-11H,12H2,1H3,(H,20,21). The van der Waals surface area contributed by atoms with Crippen molar-refractivity contribution in [1.29, 1.82) is 0 Å². The van der Waals surface area contributed by atoms with Gasteiger partial charge in [0.2, 0.25) is 0 Å². The third-order valence-corrected chi connectivity index (χ3v) is 3.27. The first-order chi connectivity index (χ1) is 11.0. The lowest BCUT2D eigenvalue weighted by atomic mass is 10.2. The molecule has 118 valence electrons. The molecule has 23 heavy (non-hydrogen) atoms. The Morgan fingerprint density at radius 1 is 1.17 bits per heavy atom. The van der Waals surface area contributed by atoms with Gasteiger partial charge in [0.15, 0.2) is 6.61 Å². The van der Waals surface area contributed by atoms with E-state index in [1.807, 2.05) is 37.3 Å². The Morgan fingerprint density at radius 3 is 2.65 bits per heavy atom. The molecule has 2 aromatic rings. The third-order valence-electron chi connectivity index (χ3n) is 3.03. The van der Waals surface area contributed by atoms with Gasteiger partial charge >= 0.3 is 5.97 Å². The number of rotatable bonds is 5. The molecule has 0 unspecified atom stereocenters. The molecule has 0 aliphatic rings. The van der Waals surface area contributed by atoms with Gasteiger partial charge in [-0.2, -0.15) is 0 Å². The van der Waals surface area contributed by atoms with Crippen LogP contribution in [0.3, 0.4) is 0 Å². The van der Waals surface area contributed by atoms with Gasteiger partial charge in [0.1, 0.15) is 0 Å². The van der Waals surface area contributed by atoms with Crippen LogP contribution in [-0.2, 0) is 14.3 Å². The molecule has 5 heteroatoms. The fourth-order valence-corrected chi connectivity index (χ4v) is 2.00. The summed E-state index contributed by atoms with van der Waals surface area (Å²) in [5.74, 6) is -0.997. The van der Waals surface area contributed by atoms with Crippen molar-refractivity contribution in [2.75, 3.05) is 11.9 Å². The Kier molecular flexibility index (Phi) is 5.94. The van der Waals surface area contributed by atoms with E-state index in [1.165, 1.54) is 6.08 Å². The highest BCUT2D eigenvalue weighted by Gasteiger charge is 2.07. The van der Waals surface area contributed by atoms with Crippen molar-refractivity contribution in [2.24, 2.45) is 0 Å². The van der Waals surface area contributed by atoms with Gasteiger partial charge in [-0.3, -0.25) is 4.79 Å². The highest BCUT2D eigenvalue weighted by molar-refractivity contribution is 6.31. The van der Waals surface area contributed by atoms with Crippen molar-refractivity contribution in [3.8, 4) is 0 Å². The second kappa shape index (κ2) is 8.15. The Morgan fingerprint density at radius 2 is 1.91 bits per heavy atom. The quantitative estimate of drug-likeness (QED) is 0.669. The number of anilines is 1. The summed E-state index contributed by atoms with van der Waals surface area (Å²) in [5.41, 5.74) is 2.35. The van der Waals surface area contributed by atoms with Crippen LogP contribution in [-0.4, -0.2) is 18.5 Å². The first-order valence-electron chi connectivity index (χ1n) is 7.00. The maximum Gasteiger partial charge on any atom is 0.331 e. The van der Waals surface area contributed by atoms with E-state index in [-0.39, 0.29) is 6.61 Å². The summed E-state index contributed by atoms with van der Waals surface area (Å²) in [6.07, 6.45) is 2.91. The summed E-state index contributed by atoms with van der Waals surface area (Å²) >= 11 is 5.88. The van der Waals surface area contributed by atoms with Crippen LogP contribution in [0.5, 0.6) is 0 Å². The molecule has 2 rings (SSSR count). The van der Waals surface area contributed by atoms with Crippen LogP contribution in [0.1, 0.15) is 11.1 Å². The second-order valence-electron chi connectivity index (χ2n) is 4.86. The van der Waals surface area contributed by atoms with E-state index in [9.17, 15) is 9.59 Å². The summed E-state index contributed by atoms with van der Waals surface area (Å²) in [6.45, 7) is 1.49. The summed E-state index contributed by atoms with van der Waals surface area (Å²) in [4.78, 5) is 23.4. The molecule has 0 fully saturated rings. The average molecular weight is 330 g/mol. The summed E-state index contributed by atoms with van der Waals surface area (Å²) in [6, 6.07) is 14.5. The summed E-state index contributed by atoms with van der Waals surface area (Å²) in [5, 5.41) is 3.18. The number of esters is 1. The lowest BCUT2D eigenvalue weighted by Gasteiger charge is -2.08. The van der Waals surface area contributed by atoms with Crippen molar-refractivity contribution in [1.82, 2.24) is 0 Å². The smallest absolute Gasteiger partial charge is 0.331 e. The van der Waals surface area contributed by atoms with Crippen LogP contribution >= 0.6 is 11.6 Å². The SMILES string of the molecule is Cc1ccc(Cl)cc1NC(=O)COC(=O)C=Cc1ccccc1. The highest BCUT2D eigenvalue weighted by atomic mass is 35.5. The second-order valence-corrected chi connectivity index (χ2v) is 5.30. The van der Waals surface area contributed by atoms with Gasteiger partial charge in [0, 0.05) is 16.8 Å². The molecule has 0 saturated carbocycles. The molecule has 1 amide bonds. The van der Waals surface area contributed by atoms with E-state index in [2.05, 4.69) is 5.32 Å². The number of hydrogen-bond acceptors (Lipinski definition) is 3. The molecule has 0 spiro atoms. The number of benzene rings is 2. The molecule has 4 nitrogen and oxygen atoms in total. The van der Waals surface area contributed by atoms with Crippen molar-refractivity contribution in [3.05, 3.63) is 70.8 Å². The van der Waals surface area contributed by atoms with E-state index in [0.29, 0.717) is 10.7 Å². The molecule has 0 atom stereocenters. The van der Waals surface area contributed by atoms with E-state index in [0.717, 1.165) is 11.1 Å². The molecule has 0 aliphatic carbocycles. The molecule has 2 aromatic carbocycles. The van der Waals surface area contributed by atoms with Crippen LogP contribution in [0.2, 0.25) is 5.02 Å². The zero-order valence-corrected chi connectivity index (χ0v) is 13.3. The Labute approximate surface area is 139 Å². The monoisotopic (exact) mass is 329 g/mol. The van der Waals surface area contributed by atoms with Crippen molar-refractivity contribution in [3.63, 3.8) is 0 Å². The largest absolute Gasteiger partial charge is 0.452 e.